The Balaban J connectivity index is 2.39. The minimum absolute atomic E-state index is 0.255. The van der Waals surface area contributed by atoms with Gasteiger partial charge in [0.2, 0.25) is 0 Å². The van der Waals surface area contributed by atoms with E-state index in [9.17, 15) is 24.9 Å². The highest BCUT2D eigenvalue weighted by atomic mass is 16.6. The van der Waals surface area contributed by atoms with Gasteiger partial charge in [0.15, 0.2) is 6.10 Å². The van der Waals surface area contributed by atoms with E-state index in [4.69, 9.17) is 9.84 Å². The van der Waals surface area contributed by atoms with Crippen LogP contribution in [-0.4, -0.2) is 76.7 Å². The number of rotatable bonds is 7. The van der Waals surface area contributed by atoms with Gasteiger partial charge in [-0.2, -0.15) is 0 Å². The number of aliphatic hydroxyl groups excluding tert-OH is 3. The van der Waals surface area contributed by atoms with Crippen molar-refractivity contribution in [2.24, 2.45) is 0 Å². The lowest BCUT2D eigenvalue weighted by atomic mass is 9.98. The number of carboxylic acid groups (broad SMARTS) is 1. The van der Waals surface area contributed by atoms with Crippen LogP contribution in [0.15, 0.2) is 0 Å². The summed E-state index contributed by atoms with van der Waals surface area (Å²) in [7, 11) is 1.30. The van der Waals surface area contributed by atoms with Crippen molar-refractivity contribution in [3.8, 4) is 0 Å². The fourth-order valence-corrected chi connectivity index (χ4v) is 1.99. The fraction of sp³-hybridized carbons (Fsp3) is 0.833. The van der Waals surface area contributed by atoms with Gasteiger partial charge in [0.25, 0.3) is 0 Å². The molecule has 0 amide bonds. The molecule has 9 heteroatoms. The minimum Gasteiger partial charge on any atom is -0.479 e. The molecule has 0 aromatic heterocycles. The van der Waals surface area contributed by atoms with Crippen LogP contribution in [0.3, 0.4) is 0 Å². The number of aliphatic carboxylic acids is 1. The molecule has 9 nitrogen and oxygen atoms in total. The predicted molar refractivity (Wildman–Crippen MR) is 68.2 cm³/mol. The molecule has 5 unspecified atom stereocenters. The summed E-state index contributed by atoms with van der Waals surface area (Å²) in [6.45, 7) is 0.341. The van der Waals surface area contributed by atoms with Gasteiger partial charge in [0.05, 0.1) is 7.11 Å². The Morgan fingerprint density at radius 2 is 1.81 bits per heavy atom. The molecule has 0 radical (unpaired) electrons. The zero-order chi connectivity index (χ0) is 16.0. The van der Waals surface area contributed by atoms with E-state index in [1.807, 2.05) is 0 Å². The van der Waals surface area contributed by atoms with Crippen molar-refractivity contribution in [1.29, 1.82) is 0 Å². The van der Waals surface area contributed by atoms with Crippen LogP contribution in [0.1, 0.15) is 19.3 Å². The lowest BCUT2D eigenvalue weighted by Crippen LogP contribution is -2.63. The molecule has 1 saturated heterocycles. The average Bonchev–Trinajstić information content (AvgIpc) is 2.45. The van der Waals surface area contributed by atoms with Crippen LogP contribution in [0.25, 0.3) is 0 Å². The van der Waals surface area contributed by atoms with E-state index in [1.54, 1.807) is 0 Å². The van der Waals surface area contributed by atoms with Crippen molar-refractivity contribution in [3.63, 3.8) is 0 Å². The van der Waals surface area contributed by atoms with Gasteiger partial charge < -0.3 is 29.9 Å². The van der Waals surface area contributed by atoms with Crippen LogP contribution in [0.4, 0.5) is 0 Å². The Bertz CT molecular complexity index is 363. The lowest BCUT2D eigenvalue weighted by Gasteiger charge is -2.39. The van der Waals surface area contributed by atoms with Gasteiger partial charge >= 0.3 is 11.9 Å². The molecule has 1 fully saturated rings. The number of nitrogens with one attached hydrogen (secondary N) is 1. The summed E-state index contributed by atoms with van der Waals surface area (Å²) < 4.78 is 9.51. The summed E-state index contributed by atoms with van der Waals surface area (Å²) in [4.78, 5) is 21.8. The van der Waals surface area contributed by atoms with Crippen molar-refractivity contribution in [3.05, 3.63) is 0 Å². The van der Waals surface area contributed by atoms with Gasteiger partial charge in [-0.3, -0.25) is 10.1 Å². The van der Waals surface area contributed by atoms with Crippen LogP contribution in [0.5, 0.6) is 0 Å². The summed E-state index contributed by atoms with van der Waals surface area (Å²) >= 11 is 0. The normalized spacial score (nSPS) is 32.7. The molecule has 1 heterocycles. The number of carboxylic acids is 1. The summed E-state index contributed by atoms with van der Waals surface area (Å²) in [6, 6.07) is 0. The second-order valence-corrected chi connectivity index (χ2v) is 4.77. The number of hydrogen-bond acceptors (Lipinski definition) is 8. The summed E-state index contributed by atoms with van der Waals surface area (Å²) in [5.74, 6) is -1.75. The zero-order valence-corrected chi connectivity index (χ0v) is 11.6. The number of ether oxygens (including phenoxy) is 2. The Labute approximate surface area is 121 Å². The number of aliphatic hydroxyl groups is 3. The molecule has 21 heavy (non-hydrogen) atoms. The first-order valence-corrected chi connectivity index (χ1v) is 6.61. The lowest BCUT2D eigenvalue weighted by molar-refractivity contribution is -0.233. The van der Waals surface area contributed by atoms with E-state index in [0.29, 0.717) is 19.4 Å². The number of esters is 1. The molecular formula is C12H21NO8. The van der Waals surface area contributed by atoms with Crippen molar-refractivity contribution >= 4 is 11.9 Å². The Morgan fingerprint density at radius 3 is 2.38 bits per heavy atom. The Morgan fingerprint density at radius 1 is 1.14 bits per heavy atom. The Hall–Kier alpha value is -1.26. The standard InChI is InChI=1S/C12H21NO8/c1-20-6(14)4-2-3-5-13-11-9(17)7(15)8(16)10(21-11)12(18)19/h7-11,13,15-17H,2-5H2,1H3,(H,18,19). The van der Waals surface area contributed by atoms with Gasteiger partial charge in [0, 0.05) is 6.42 Å². The number of hydrogen-bond donors (Lipinski definition) is 5. The van der Waals surface area contributed by atoms with Gasteiger partial charge in [0.1, 0.15) is 24.5 Å². The van der Waals surface area contributed by atoms with Crippen LogP contribution < -0.4 is 5.32 Å². The van der Waals surface area contributed by atoms with Crippen molar-refractivity contribution < 1.29 is 39.5 Å². The van der Waals surface area contributed by atoms with Crippen LogP contribution in [-0.2, 0) is 19.1 Å². The van der Waals surface area contributed by atoms with Gasteiger partial charge in [-0.25, -0.2) is 4.79 Å². The summed E-state index contributed by atoms with van der Waals surface area (Å²) in [5, 5.41) is 40.4. The van der Waals surface area contributed by atoms with E-state index in [-0.39, 0.29) is 12.4 Å². The molecule has 122 valence electrons. The molecule has 0 aromatic rings. The summed E-state index contributed by atoms with van der Waals surface area (Å²) in [5.41, 5.74) is 0. The van der Waals surface area contributed by atoms with Gasteiger partial charge in [-0.1, -0.05) is 0 Å². The second kappa shape index (κ2) is 8.25. The van der Waals surface area contributed by atoms with E-state index >= 15 is 0 Å². The van der Waals surface area contributed by atoms with E-state index < -0.39 is 36.6 Å². The molecule has 1 rings (SSSR count). The maximum Gasteiger partial charge on any atom is 0.335 e. The number of unbranched alkanes of at least 4 members (excludes halogenated alkanes) is 1. The first-order chi connectivity index (χ1) is 9.88. The molecule has 0 saturated carbocycles. The van der Waals surface area contributed by atoms with Crippen molar-refractivity contribution in [2.45, 2.75) is 49.9 Å². The van der Waals surface area contributed by atoms with E-state index in [0.717, 1.165) is 0 Å². The minimum atomic E-state index is -1.70. The number of carbonyl (C=O) groups excluding carboxylic acids is 1. The topological polar surface area (TPSA) is 146 Å². The highest BCUT2D eigenvalue weighted by molar-refractivity contribution is 5.73. The zero-order valence-electron chi connectivity index (χ0n) is 11.6. The third-order valence-electron chi connectivity index (χ3n) is 3.24. The van der Waals surface area contributed by atoms with Gasteiger partial charge in [-0.15, -0.1) is 0 Å². The molecule has 0 aromatic carbocycles. The van der Waals surface area contributed by atoms with Crippen molar-refractivity contribution in [1.82, 2.24) is 5.32 Å². The molecule has 1 aliphatic rings. The van der Waals surface area contributed by atoms with Crippen LogP contribution in [0, 0.1) is 0 Å². The predicted octanol–water partition coefficient (Wildman–Crippen LogP) is -2.19. The fourth-order valence-electron chi connectivity index (χ4n) is 1.99. The smallest absolute Gasteiger partial charge is 0.335 e. The van der Waals surface area contributed by atoms with E-state index in [1.165, 1.54) is 7.11 Å². The Kier molecular flexibility index (Phi) is 6.99. The third kappa shape index (κ3) is 4.90. The van der Waals surface area contributed by atoms with Gasteiger partial charge in [-0.05, 0) is 19.4 Å². The maximum absolute atomic E-state index is 10.9. The molecule has 0 aliphatic carbocycles. The third-order valence-corrected chi connectivity index (χ3v) is 3.24. The maximum atomic E-state index is 10.9. The van der Waals surface area contributed by atoms with Crippen molar-refractivity contribution in [2.75, 3.05) is 13.7 Å². The monoisotopic (exact) mass is 307 g/mol. The SMILES string of the molecule is COC(=O)CCCCNC1OC(C(=O)O)C(O)C(O)C1O. The highest BCUT2D eigenvalue weighted by Crippen LogP contribution is 2.20. The molecule has 0 spiro atoms. The summed E-state index contributed by atoms with van der Waals surface area (Å²) in [6.07, 6.45) is -6.11. The molecular weight excluding hydrogens is 286 g/mol. The van der Waals surface area contributed by atoms with E-state index in [2.05, 4.69) is 10.1 Å². The highest BCUT2D eigenvalue weighted by Gasteiger charge is 2.46. The molecule has 0 bridgehead atoms. The average molecular weight is 307 g/mol. The molecule has 1 aliphatic heterocycles. The molecule has 5 N–H and O–H groups in total. The first-order valence-electron chi connectivity index (χ1n) is 6.61. The number of carbonyl (C=O) groups is 2. The first kappa shape index (κ1) is 17.8. The van der Waals surface area contributed by atoms with Crippen LogP contribution >= 0.6 is 0 Å². The van der Waals surface area contributed by atoms with Crippen LogP contribution in [0.2, 0.25) is 0 Å². The second-order valence-electron chi connectivity index (χ2n) is 4.77. The largest absolute Gasteiger partial charge is 0.479 e. The molecule has 5 atom stereocenters. The number of methoxy groups -OCH3 is 1. The quantitative estimate of drug-likeness (QED) is 0.261.